The van der Waals surface area contributed by atoms with Gasteiger partial charge in [0.2, 0.25) is 0 Å². The third-order valence-corrected chi connectivity index (χ3v) is 11.8. The number of phenols is 1. The number of benzene rings is 2. The molecular weight excluding hydrogens is 592 g/mol. The zero-order valence-corrected chi connectivity index (χ0v) is 31.6. The van der Waals surface area contributed by atoms with Crippen LogP contribution in [-0.2, 0) is 12.8 Å². The first-order chi connectivity index (χ1) is 23.0. The standard InChI is InChI=1S/C44H66O4/c1-9-11-13-15-32-25-38(45)42(35-23-30(5)17-19-34(35)29(3)4)39(26-32)46-21-22-47-40-27-33(16-14-12-10-2)28-41-43(40)36-24-31(6)18-20-37(36)44(7,8)48-41/h24-30,34-37,45H,9-23H2,1-8H3/t30-,34+,35-,36-,37-/m1/s1. The van der Waals surface area contributed by atoms with E-state index >= 15 is 0 Å². The van der Waals surface area contributed by atoms with Crippen LogP contribution in [0, 0.1) is 23.7 Å². The van der Waals surface area contributed by atoms with Crippen LogP contribution in [0.15, 0.2) is 35.9 Å². The van der Waals surface area contributed by atoms with Crippen LogP contribution in [0.1, 0.15) is 160 Å². The fraction of sp³-hybridized carbons (Fsp3) is 0.682. The SMILES string of the molecule is CCCCCc1cc(OCCOc2cc(CCCCC)cc(O)c2[C@@H]2C[C@H](C)CC[C@H]2C(C)C)c2c(c1)OC(C)(C)[C@@H]1CCC(C)=C[C@@H]21. The second kappa shape index (κ2) is 16.4. The Balaban J connectivity index is 1.41. The molecule has 4 heteroatoms. The fourth-order valence-corrected chi connectivity index (χ4v) is 9.12. The summed E-state index contributed by atoms with van der Waals surface area (Å²) in [6.45, 7) is 19.2. The van der Waals surface area contributed by atoms with Gasteiger partial charge in [0.1, 0.15) is 41.8 Å². The summed E-state index contributed by atoms with van der Waals surface area (Å²) in [6.07, 6.45) is 17.4. The van der Waals surface area contributed by atoms with Crippen molar-refractivity contribution in [3.63, 3.8) is 0 Å². The highest BCUT2D eigenvalue weighted by Gasteiger charge is 2.45. The molecule has 1 saturated carbocycles. The number of unbranched alkanes of at least 4 members (excludes halogenated alkanes) is 4. The minimum atomic E-state index is -0.220. The van der Waals surface area contributed by atoms with Gasteiger partial charge in [-0.3, -0.25) is 0 Å². The highest BCUT2D eigenvalue weighted by atomic mass is 16.5. The summed E-state index contributed by atoms with van der Waals surface area (Å²) in [5.41, 5.74) is 5.94. The molecule has 0 unspecified atom stereocenters. The minimum Gasteiger partial charge on any atom is -0.508 e. The maximum atomic E-state index is 11.6. The molecule has 266 valence electrons. The van der Waals surface area contributed by atoms with Crippen LogP contribution in [0.3, 0.4) is 0 Å². The van der Waals surface area contributed by atoms with E-state index in [-0.39, 0.29) is 5.60 Å². The van der Waals surface area contributed by atoms with Crippen LogP contribution in [0.5, 0.6) is 23.0 Å². The van der Waals surface area contributed by atoms with Gasteiger partial charge in [-0.1, -0.05) is 78.4 Å². The van der Waals surface area contributed by atoms with E-state index in [1.807, 2.05) is 6.07 Å². The number of aryl methyl sites for hydroxylation is 2. The van der Waals surface area contributed by atoms with Gasteiger partial charge in [-0.2, -0.15) is 0 Å². The molecule has 2 aliphatic carbocycles. The lowest BCUT2D eigenvalue weighted by Gasteiger charge is -2.46. The van der Waals surface area contributed by atoms with E-state index in [0.717, 1.165) is 61.3 Å². The molecule has 5 rings (SSSR count). The van der Waals surface area contributed by atoms with E-state index in [0.29, 0.717) is 54.5 Å². The normalized spacial score (nSPS) is 24.8. The molecule has 1 heterocycles. The van der Waals surface area contributed by atoms with E-state index in [1.54, 1.807) is 0 Å². The summed E-state index contributed by atoms with van der Waals surface area (Å²) in [4.78, 5) is 0. The first-order valence-corrected chi connectivity index (χ1v) is 19.7. The van der Waals surface area contributed by atoms with Crippen LogP contribution < -0.4 is 14.2 Å². The van der Waals surface area contributed by atoms with Crippen molar-refractivity contribution in [3.05, 3.63) is 58.2 Å². The average Bonchev–Trinajstić information content (AvgIpc) is 3.02. The lowest BCUT2D eigenvalue weighted by molar-refractivity contribution is 0.0103. The molecule has 0 aromatic heterocycles. The van der Waals surface area contributed by atoms with E-state index in [4.69, 9.17) is 14.2 Å². The molecule has 0 amide bonds. The Kier molecular flexibility index (Phi) is 12.5. The molecule has 0 radical (unpaired) electrons. The Bertz CT molecular complexity index is 1390. The zero-order valence-electron chi connectivity index (χ0n) is 31.6. The van der Waals surface area contributed by atoms with Crippen molar-refractivity contribution in [1.29, 1.82) is 0 Å². The molecule has 3 aliphatic rings. The Hall–Kier alpha value is -2.62. The van der Waals surface area contributed by atoms with E-state index in [9.17, 15) is 5.11 Å². The molecule has 2 aromatic carbocycles. The molecule has 1 aliphatic heterocycles. The van der Waals surface area contributed by atoms with Crippen LogP contribution in [0.2, 0.25) is 0 Å². The highest BCUT2D eigenvalue weighted by Crippen LogP contribution is 2.54. The number of phenolic OH excluding ortho intramolecular Hbond substituents is 1. The fourth-order valence-electron chi connectivity index (χ4n) is 9.12. The second-order valence-corrected chi connectivity index (χ2v) is 16.5. The van der Waals surface area contributed by atoms with Crippen LogP contribution in [0.25, 0.3) is 0 Å². The number of aromatic hydroxyl groups is 1. The van der Waals surface area contributed by atoms with E-state index in [2.05, 4.69) is 79.7 Å². The predicted molar refractivity (Wildman–Crippen MR) is 200 cm³/mol. The average molecular weight is 659 g/mol. The number of rotatable bonds is 15. The summed E-state index contributed by atoms with van der Waals surface area (Å²) in [6, 6.07) is 8.83. The van der Waals surface area contributed by atoms with Gasteiger partial charge < -0.3 is 19.3 Å². The van der Waals surface area contributed by atoms with Gasteiger partial charge in [-0.25, -0.2) is 0 Å². The molecule has 2 aromatic rings. The summed E-state index contributed by atoms with van der Waals surface area (Å²) < 4.78 is 20.2. The Morgan fingerprint density at radius 2 is 1.48 bits per heavy atom. The Labute approximate surface area is 293 Å². The number of hydrogen-bond acceptors (Lipinski definition) is 4. The number of fused-ring (bicyclic) bond motifs is 3. The highest BCUT2D eigenvalue weighted by molar-refractivity contribution is 5.55. The maximum Gasteiger partial charge on any atom is 0.127 e. The van der Waals surface area contributed by atoms with Gasteiger partial charge in [0.25, 0.3) is 0 Å². The van der Waals surface area contributed by atoms with Crippen LogP contribution in [0.4, 0.5) is 0 Å². The molecule has 48 heavy (non-hydrogen) atoms. The third kappa shape index (κ3) is 8.56. The smallest absolute Gasteiger partial charge is 0.127 e. The molecule has 0 saturated heterocycles. The number of allylic oxidation sites excluding steroid dienone is 2. The van der Waals surface area contributed by atoms with Gasteiger partial charge in [0, 0.05) is 23.0 Å². The lowest BCUT2D eigenvalue weighted by Crippen LogP contribution is -2.45. The van der Waals surface area contributed by atoms with Crippen molar-refractivity contribution >= 4 is 0 Å². The van der Waals surface area contributed by atoms with Gasteiger partial charge in [0.05, 0.1) is 0 Å². The Morgan fingerprint density at radius 1 is 0.854 bits per heavy atom. The summed E-state index contributed by atoms with van der Waals surface area (Å²) in [5.74, 6) is 6.01. The second-order valence-electron chi connectivity index (χ2n) is 16.5. The van der Waals surface area contributed by atoms with Crippen molar-refractivity contribution < 1.29 is 19.3 Å². The first-order valence-electron chi connectivity index (χ1n) is 19.7. The van der Waals surface area contributed by atoms with Crippen molar-refractivity contribution in [3.8, 4) is 23.0 Å². The van der Waals surface area contributed by atoms with Crippen molar-refractivity contribution in [2.75, 3.05) is 13.2 Å². The molecule has 4 nitrogen and oxygen atoms in total. The molecule has 0 bridgehead atoms. The number of ether oxygens (including phenoxy) is 3. The van der Waals surface area contributed by atoms with Crippen molar-refractivity contribution in [2.45, 2.75) is 156 Å². The van der Waals surface area contributed by atoms with Crippen LogP contribution in [-0.4, -0.2) is 23.9 Å². The Morgan fingerprint density at radius 3 is 2.10 bits per heavy atom. The summed E-state index contributed by atoms with van der Waals surface area (Å²) >= 11 is 0. The third-order valence-electron chi connectivity index (χ3n) is 11.8. The first kappa shape index (κ1) is 36.7. The van der Waals surface area contributed by atoms with Gasteiger partial charge in [-0.15, -0.1) is 0 Å². The summed E-state index contributed by atoms with van der Waals surface area (Å²) in [7, 11) is 0. The number of hydrogen-bond donors (Lipinski definition) is 1. The largest absolute Gasteiger partial charge is 0.508 e. The molecule has 1 fully saturated rings. The molecule has 1 N–H and O–H groups in total. The quantitative estimate of drug-likeness (QED) is 0.153. The lowest BCUT2D eigenvalue weighted by atomic mass is 9.67. The van der Waals surface area contributed by atoms with Crippen molar-refractivity contribution in [1.82, 2.24) is 0 Å². The molecule has 5 atom stereocenters. The van der Waals surface area contributed by atoms with Crippen molar-refractivity contribution in [2.24, 2.45) is 23.7 Å². The maximum absolute atomic E-state index is 11.6. The van der Waals surface area contributed by atoms with E-state index < -0.39 is 0 Å². The molecular formula is C44H66O4. The predicted octanol–water partition coefficient (Wildman–Crippen LogP) is 12.1. The zero-order chi connectivity index (χ0) is 34.4. The van der Waals surface area contributed by atoms with Gasteiger partial charge in [-0.05, 0) is 131 Å². The molecule has 0 spiro atoms. The minimum absolute atomic E-state index is 0.220. The van der Waals surface area contributed by atoms with Crippen LogP contribution >= 0.6 is 0 Å². The van der Waals surface area contributed by atoms with E-state index in [1.165, 1.54) is 67.2 Å². The summed E-state index contributed by atoms with van der Waals surface area (Å²) in [5, 5.41) is 11.6. The topological polar surface area (TPSA) is 47.9 Å². The monoisotopic (exact) mass is 658 g/mol. The van der Waals surface area contributed by atoms with Gasteiger partial charge in [0.15, 0.2) is 0 Å². The van der Waals surface area contributed by atoms with Gasteiger partial charge >= 0.3 is 0 Å².